The molecule has 1 saturated carbocycles. The highest BCUT2D eigenvalue weighted by Gasteiger charge is 2.41. The predicted molar refractivity (Wildman–Crippen MR) is 67.2 cm³/mol. The first-order valence-corrected chi connectivity index (χ1v) is 6.83. The van der Waals surface area contributed by atoms with Crippen molar-refractivity contribution in [1.82, 2.24) is 5.32 Å². The van der Waals surface area contributed by atoms with Crippen LogP contribution in [0.15, 0.2) is 9.85 Å². The molecule has 0 unspecified atom stereocenters. The zero-order valence-corrected chi connectivity index (χ0v) is 11.2. The molecule has 84 valence electrons. The van der Waals surface area contributed by atoms with Gasteiger partial charge in [-0.1, -0.05) is 0 Å². The molecule has 0 aliphatic heterocycles. The molecule has 0 atom stereocenters. The van der Waals surface area contributed by atoms with Crippen LogP contribution in [0.25, 0.3) is 0 Å². The largest absolute Gasteiger partial charge is 0.396 e. The third kappa shape index (κ3) is 2.81. The van der Waals surface area contributed by atoms with Gasteiger partial charge in [-0.3, -0.25) is 0 Å². The standard InChI is InChI=1S/C11H16BrNOS/c1-8-4-9(15-10(8)12)5-13-6-11(7-14)2-3-11/h4,13-14H,2-3,5-7H2,1H3. The molecule has 0 amide bonds. The van der Waals surface area contributed by atoms with Crippen molar-refractivity contribution in [3.8, 4) is 0 Å². The van der Waals surface area contributed by atoms with Crippen LogP contribution >= 0.6 is 27.3 Å². The van der Waals surface area contributed by atoms with Gasteiger partial charge in [0.25, 0.3) is 0 Å². The first kappa shape index (κ1) is 11.6. The molecule has 1 fully saturated rings. The van der Waals surface area contributed by atoms with E-state index in [0.717, 1.165) is 13.1 Å². The van der Waals surface area contributed by atoms with Gasteiger partial charge in [0.1, 0.15) is 0 Å². The van der Waals surface area contributed by atoms with E-state index in [1.165, 1.54) is 27.1 Å². The number of rotatable bonds is 5. The Bertz CT molecular complexity index is 327. The molecule has 1 aliphatic carbocycles. The summed E-state index contributed by atoms with van der Waals surface area (Å²) in [7, 11) is 0. The number of halogens is 1. The third-order valence-electron chi connectivity index (χ3n) is 3.00. The van der Waals surface area contributed by atoms with Crippen LogP contribution in [0.1, 0.15) is 23.3 Å². The van der Waals surface area contributed by atoms with Crippen LogP contribution in [0.5, 0.6) is 0 Å². The van der Waals surface area contributed by atoms with Gasteiger partial charge in [-0.15, -0.1) is 11.3 Å². The summed E-state index contributed by atoms with van der Waals surface area (Å²) in [5.41, 5.74) is 1.52. The summed E-state index contributed by atoms with van der Waals surface area (Å²) in [4.78, 5) is 1.35. The van der Waals surface area contributed by atoms with Gasteiger partial charge in [0.15, 0.2) is 0 Å². The van der Waals surface area contributed by atoms with Gasteiger partial charge in [-0.05, 0) is 47.3 Å². The Hall–Kier alpha value is 0.100. The van der Waals surface area contributed by atoms with E-state index in [1.807, 2.05) is 0 Å². The molecule has 0 spiro atoms. The highest BCUT2D eigenvalue weighted by atomic mass is 79.9. The zero-order chi connectivity index (χ0) is 10.9. The van der Waals surface area contributed by atoms with Crippen molar-refractivity contribution in [2.75, 3.05) is 13.2 Å². The Labute approximate surface area is 103 Å². The second-order valence-electron chi connectivity index (χ2n) is 4.43. The van der Waals surface area contributed by atoms with E-state index in [0.29, 0.717) is 6.61 Å². The lowest BCUT2D eigenvalue weighted by molar-refractivity contribution is 0.207. The van der Waals surface area contributed by atoms with Gasteiger partial charge in [-0.2, -0.15) is 0 Å². The highest BCUT2D eigenvalue weighted by Crippen LogP contribution is 2.44. The predicted octanol–water partition coefficient (Wildman–Crippen LogP) is 2.68. The molecule has 0 aromatic carbocycles. The first-order chi connectivity index (χ1) is 7.15. The Kier molecular flexibility index (Phi) is 3.50. The van der Waals surface area contributed by atoms with Crippen molar-refractivity contribution in [2.45, 2.75) is 26.3 Å². The smallest absolute Gasteiger partial charge is 0.0730 e. The van der Waals surface area contributed by atoms with Gasteiger partial charge in [0.2, 0.25) is 0 Å². The van der Waals surface area contributed by atoms with E-state index >= 15 is 0 Å². The van der Waals surface area contributed by atoms with Gasteiger partial charge in [0.05, 0.1) is 3.79 Å². The van der Waals surface area contributed by atoms with Gasteiger partial charge >= 0.3 is 0 Å². The molecule has 1 aliphatic rings. The molecule has 1 aromatic heterocycles. The van der Waals surface area contributed by atoms with E-state index in [4.69, 9.17) is 5.11 Å². The van der Waals surface area contributed by atoms with Crippen LogP contribution < -0.4 is 5.32 Å². The van der Waals surface area contributed by atoms with Crippen LogP contribution in [0, 0.1) is 12.3 Å². The summed E-state index contributed by atoms with van der Waals surface area (Å²) in [6.07, 6.45) is 2.34. The lowest BCUT2D eigenvalue weighted by Gasteiger charge is -2.11. The summed E-state index contributed by atoms with van der Waals surface area (Å²) < 4.78 is 1.22. The second-order valence-corrected chi connectivity index (χ2v) is 6.89. The molecule has 1 aromatic rings. The molecule has 1 heterocycles. The van der Waals surface area contributed by atoms with Crippen molar-refractivity contribution >= 4 is 27.3 Å². The molecule has 4 heteroatoms. The molecule has 0 bridgehead atoms. The Morgan fingerprint density at radius 2 is 2.33 bits per heavy atom. The SMILES string of the molecule is Cc1cc(CNCC2(CO)CC2)sc1Br. The van der Waals surface area contributed by atoms with Crippen LogP contribution in [0.2, 0.25) is 0 Å². The summed E-state index contributed by atoms with van der Waals surface area (Å²) in [5.74, 6) is 0. The fourth-order valence-corrected chi connectivity index (χ4v) is 3.23. The number of hydrogen-bond donors (Lipinski definition) is 2. The maximum Gasteiger partial charge on any atom is 0.0730 e. The van der Waals surface area contributed by atoms with Crippen molar-refractivity contribution in [3.05, 3.63) is 20.3 Å². The topological polar surface area (TPSA) is 32.3 Å². The van der Waals surface area contributed by atoms with Gasteiger partial charge in [-0.25, -0.2) is 0 Å². The molecular weight excluding hydrogens is 274 g/mol. The van der Waals surface area contributed by atoms with E-state index in [2.05, 4.69) is 34.2 Å². The Morgan fingerprint density at radius 1 is 1.60 bits per heavy atom. The summed E-state index contributed by atoms with van der Waals surface area (Å²) in [6, 6.07) is 2.21. The van der Waals surface area contributed by atoms with Crippen molar-refractivity contribution in [3.63, 3.8) is 0 Å². The van der Waals surface area contributed by atoms with Crippen molar-refractivity contribution < 1.29 is 5.11 Å². The Morgan fingerprint density at radius 3 is 2.80 bits per heavy atom. The van der Waals surface area contributed by atoms with E-state index < -0.39 is 0 Å². The van der Waals surface area contributed by atoms with E-state index in [-0.39, 0.29) is 5.41 Å². The molecular formula is C11H16BrNOS. The summed E-state index contributed by atoms with van der Waals surface area (Å²) in [6.45, 7) is 4.30. The molecule has 2 nitrogen and oxygen atoms in total. The number of thiophene rings is 1. The second kappa shape index (κ2) is 4.53. The summed E-state index contributed by atoms with van der Waals surface area (Å²) in [5, 5.41) is 12.6. The van der Waals surface area contributed by atoms with E-state index in [1.54, 1.807) is 11.3 Å². The lowest BCUT2D eigenvalue weighted by atomic mass is 10.1. The van der Waals surface area contributed by atoms with Crippen molar-refractivity contribution in [2.24, 2.45) is 5.41 Å². The maximum atomic E-state index is 9.16. The molecule has 15 heavy (non-hydrogen) atoms. The highest BCUT2D eigenvalue weighted by molar-refractivity contribution is 9.11. The number of hydrogen-bond acceptors (Lipinski definition) is 3. The fourth-order valence-electron chi connectivity index (χ4n) is 1.63. The Balaban J connectivity index is 1.78. The van der Waals surface area contributed by atoms with Gasteiger partial charge in [0, 0.05) is 30.0 Å². The fraction of sp³-hybridized carbons (Fsp3) is 0.636. The van der Waals surface area contributed by atoms with Gasteiger partial charge < -0.3 is 10.4 Å². The summed E-state index contributed by atoms with van der Waals surface area (Å²) >= 11 is 5.31. The normalized spacial score (nSPS) is 18.1. The minimum absolute atomic E-state index is 0.212. The number of aliphatic hydroxyl groups excluding tert-OH is 1. The minimum Gasteiger partial charge on any atom is -0.396 e. The van der Waals surface area contributed by atoms with Crippen molar-refractivity contribution in [1.29, 1.82) is 0 Å². The quantitative estimate of drug-likeness (QED) is 0.874. The number of aryl methyl sites for hydroxylation is 1. The first-order valence-electron chi connectivity index (χ1n) is 5.22. The zero-order valence-electron chi connectivity index (χ0n) is 8.85. The molecule has 0 radical (unpaired) electrons. The third-order valence-corrected chi connectivity index (χ3v) is 5.14. The number of nitrogens with one attached hydrogen (secondary N) is 1. The van der Waals surface area contributed by atoms with Crippen LogP contribution in [0.4, 0.5) is 0 Å². The minimum atomic E-state index is 0.212. The van der Waals surface area contributed by atoms with Crippen LogP contribution in [-0.4, -0.2) is 18.3 Å². The molecule has 2 N–H and O–H groups in total. The monoisotopic (exact) mass is 289 g/mol. The molecule has 2 rings (SSSR count). The maximum absolute atomic E-state index is 9.16. The number of aliphatic hydroxyl groups is 1. The van der Waals surface area contributed by atoms with E-state index in [9.17, 15) is 0 Å². The lowest BCUT2D eigenvalue weighted by Crippen LogP contribution is -2.25. The average Bonchev–Trinajstić information content (AvgIpc) is 2.91. The average molecular weight is 290 g/mol. The van der Waals surface area contributed by atoms with Crippen LogP contribution in [0.3, 0.4) is 0 Å². The molecule has 0 saturated heterocycles. The van der Waals surface area contributed by atoms with Crippen LogP contribution in [-0.2, 0) is 6.54 Å².